The van der Waals surface area contributed by atoms with Crippen molar-refractivity contribution < 1.29 is 0 Å². The predicted octanol–water partition coefficient (Wildman–Crippen LogP) is 4.16. The molecule has 0 amide bonds. The van der Waals surface area contributed by atoms with Crippen LogP contribution in [0, 0.1) is 5.92 Å². The van der Waals surface area contributed by atoms with Crippen molar-refractivity contribution in [2.75, 3.05) is 5.32 Å². The molecule has 1 aromatic carbocycles. The van der Waals surface area contributed by atoms with Gasteiger partial charge in [-0.05, 0) is 42.3 Å². The van der Waals surface area contributed by atoms with Crippen LogP contribution in [-0.2, 0) is 0 Å². The first kappa shape index (κ1) is 15.4. The van der Waals surface area contributed by atoms with E-state index in [1.165, 1.54) is 5.56 Å². The van der Waals surface area contributed by atoms with E-state index < -0.39 is 0 Å². The van der Waals surface area contributed by atoms with Gasteiger partial charge in [0.2, 0.25) is 0 Å². The third-order valence-corrected chi connectivity index (χ3v) is 3.37. The highest BCUT2D eigenvalue weighted by Crippen LogP contribution is 2.21. The lowest BCUT2D eigenvalue weighted by molar-refractivity contribution is 0.481. The van der Waals surface area contributed by atoms with Gasteiger partial charge in [0, 0.05) is 18.1 Å². The summed E-state index contributed by atoms with van der Waals surface area (Å²) in [6.07, 6.45) is 4.52. The average molecular weight is 299 g/mol. The molecule has 1 atom stereocenters. The number of benzene rings is 1. The lowest BCUT2D eigenvalue weighted by Crippen LogP contribution is -2.33. The Morgan fingerprint density at radius 1 is 1.10 bits per heavy atom. The van der Waals surface area contributed by atoms with E-state index in [1.54, 1.807) is 12.4 Å². The molecular formula is C17H21N3S. The topological polar surface area (TPSA) is 37.0 Å². The lowest BCUT2D eigenvalue weighted by Gasteiger charge is -2.23. The minimum atomic E-state index is 0.216. The standard InChI is InChI=1S/C17H21N3S/c1-13(2)12-16(14-6-4-3-5-7-14)20-17(21)19-15-8-10-18-11-9-15/h3-11,13,16H,12H2,1-2H3,(H2,18,19,20,21)/t16-/m0/s1. The van der Waals surface area contributed by atoms with Crippen LogP contribution in [0.25, 0.3) is 0 Å². The molecule has 2 aromatic rings. The first-order valence-corrected chi connectivity index (χ1v) is 7.58. The predicted molar refractivity (Wildman–Crippen MR) is 92.2 cm³/mol. The van der Waals surface area contributed by atoms with E-state index in [0.29, 0.717) is 11.0 Å². The first-order valence-electron chi connectivity index (χ1n) is 7.17. The van der Waals surface area contributed by atoms with Crippen molar-refractivity contribution in [1.82, 2.24) is 10.3 Å². The minimum Gasteiger partial charge on any atom is -0.356 e. The van der Waals surface area contributed by atoms with Crippen LogP contribution in [0.3, 0.4) is 0 Å². The van der Waals surface area contributed by atoms with E-state index >= 15 is 0 Å². The molecule has 1 heterocycles. The summed E-state index contributed by atoms with van der Waals surface area (Å²) in [5.41, 5.74) is 2.20. The van der Waals surface area contributed by atoms with Gasteiger partial charge in [-0.25, -0.2) is 0 Å². The van der Waals surface area contributed by atoms with Gasteiger partial charge in [0.1, 0.15) is 0 Å². The Morgan fingerprint density at radius 2 is 1.76 bits per heavy atom. The molecule has 2 rings (SSSR count). The van der Waals surface area contributed by atoms with Crippen molar-refractivity contribution in [2.24, 2.45) is 5.92 Å². The van der Waals surface area contributed by atoms with Crippen LogP contribution in [0.15, 0.2) is 54.9 Å². The van der Waals surface area contributed by atoms with Crippen LogP contribution in [0.4, 0.5) is 5.69 Å². The third kappa shape index (κ3) is 5.16. The number of pyridine rings is 1. The molecule has 0 saturated heterocycles. The zero-order valence-electron chi connectivity index (χ0n) is 12.4. The zero-order valence-corrected chi connectivity index (χ0v) is 13.2. The van der Waals surface area contributed by atoms with Gasteiger partial charge in [-0.15, -0.1) is 0 Å². The number of thiocarbonyl (C=S) groups is 1. The fourth-order valence-electron chi connectivity index (χ4n) is 2.20. The number of nitrogens with one attached hydrogen (secondary N) is 2. The molecule has 0 saturated carbocycles. The highest BCUT2D eigenvalue weighted by Gasteiger charge is 2.14. The summed E-state index contributed by atoms with van der Waals surface area (Å²) >= 11 is 5.42. The molecule has 1 aromatic heterocycles. The Balaban J connectivity index is 2.03. The summed E-state index contributed by atoms with van der Waals surface area (Å²) in [5.74, 6) is 0.589. The van der Waals surface area contributed by atoms with Gasteiger partial charge in [-0.3, -0.25) is 4.98 Å². The number of anilines is 1. The van der Waals surface area contributed by atoms with Crippen LogP contribution >= 0.6 is 12.2 Å². The van der Waals surface area contributed by atoms with Crippen molar-refractivity contribution in [3.63, 3.8) is 0 Å². The maximum Gasteiger partial charge on any atom is 0.171 e. The average Bonchev–Trinajstić information content (AvgIpc) is 2.48. The van der Waals surface area contributed by atoms with Gasteiger partial charge in [-0.2, -0.15) is 0 Å². The van der Waals surface area contributed by atoms with Gasteiger partial charge in [0.15, 0.2) is 5.11 Å². The van der Waals surface area contributed by atoms with Gasteiger partial charge in [-0.1, -0.05) is 44.2 Å². The number of hydrogen-bond donors (Lipinski definition) is 2. The Kier molecular flexibility index (Phi) is 5.69. The van der Waals surface area contributed by atoms with E-state index in [0.717, 1.165) is 12.1 Å². The second kappa shape index (κ2) is 7.74. The van der Waals surface area contributed by atoms with Gasteiger partial charge in [0.05, 0.1) is 6.04 Å². The molecule has 110 valence electrons. The van der Waals surface area contributed by atoms with Crippen LogP contribution in [0.5, 0.6) is 0 Å². The van der Waals surface area contributed by atoms with Crippen molar-refractivity contribution in [3.8, 4) is 0 Å². The summed E-state index contributed by atoms with van der Waals surface area (Å²) in [6.45, 7) is 4.44. The molecule has 3 nitrogen and oxygen atoms in total. The number of aromatic nitrogens is 1. The number of rotatable bonds is 5. The summed E-state index contributed by atoms with van der Waals surface area (Å²) in [4.78, 5) is 4.00. The molecular weight excluding hydrogens is 278 g/mol. The van der Waals surface area contributed by atoms with Crippen LogP contribution in [-0.4, -0.2) is 10.1 Å². The summed E-state index contributed by atoms with van der Waals surface area (Å²) in [6, 6.07) is 14.4. The monoisotopic (exact) mass is 299 g/mol. The molecule has 0 unspecified atom stereocenters. The maximum atomic E-state index is 5.42. The van der Waals surface area contributed by atoms with Gasteiger partial charge >= 0.3 is 0 Å². The fourth-order valence-corrected chi connectivity index (χ4v) is 2.46. The van der Waals surface area contributed by atoms with Gasteiger partial charge in [0.25, 0.3) is 0 Å². The third-order valence-electron chi connectivity index (χ3n) is 3.15. The van der Waals surface area contributed by atoms with E-state index in [-0.39, 0.29) is 6.04 Å². The van der Waals surface area contributed by atoms with Crippen LogP contribution in [0.1, 0.15) is 31.9 Å². The second-order valence-corrected chi connectivity index (χ2v) is 5.84. The van der Waals surface area contributed by atoms with Crippen molar-refractivity contribution in [2.45, 2.75) is 26.3 Å². The Morgan fingerprint density at radius 3 is 2.38 bits per heavy atom. The first-order chi connectivity index (χ1) is 10.1. The molecule has 2 N–H and O–H groups in total. The SMILES string of the molecule is CC(C)C[C@H](NC(=S)Nc1ccncc1)c1ccccc1. The summed E-state index contributed by atoms with van der Waals surface area (Å²) < 4.78 is 0. The van der Waals surface area contributed by atoms with Crippen molar-refractivity contribution >= 4 is 23.0 Å². The van der Waals surface area contributed by atoms with Gasteiger partial charge < -0.3 is 10.6 Å². The molecule has 4 heteroatoms. The lowest BCUT2D eigenvalue weighted by atomic mass is 9.97. The maximum absolute atomic E-state index is 5.42. The quantitative estimate of drug-likeness (QED) is 0.813. The molecule has 0 aliphatic rings. The summed E-state index contributed by atoms with van der Waals surface area (Å²) in [7, 11) is 0. The fraction of sp³-hybridized carbons (Fsp3) is 0.294. The van der Waals surface area contributed by atoms with Crippen LogP contribution in [0.2, 0.25) is 0 Å². The Hall–Kier alpha value is -1.94. The zero-order chi connectivity index (χ0) is 15.1. The number of nitrogens with zero attached hydrogens (tertiary/aromatic N) is 1. The van der Waals surface area contributed by atoms with Crippen molar-refractivity contribution in [1.29, 1.82) is 0 Å². The highest BCUT2D eigenvalue weighted by molar-refractivity contribution is 7.80. The second-order valence-electron chi connectivity index (χ2n) is 5.43. The molecule has 0 aliphatic heterocycles. The Labute approximate surface area is 131 Å². The molecule has 0 fully saturated rings. The normalized spacial score (nSPS) is 12.0. The molecule has 0 aliphatic carbocycles. The Bertz CT molecular complexity index is 555. The highest BCUT2D eigenvalue weighted by atomic mass is 32.1. The van der Waals surface area contributed by atoms with E-state index in [4.69, 9.17) is 12.2 Å². The minimum absolute atomic E-state index is 0.216. The largest absolute Gasteiger partial charge is 0.356 e. The smallest absolute Gasteiger partial charge is 0.171 e. The number of hydrogen-bond acceptors (Lipinski definition) is 2. The van der Waals surface area contributed by atoms with E-state index in [1.807, 2.05) is 18.2 Å². The molecule has 0 bridgehead atoms. The van der Waals surface area contributed by atoms with Crippen LogP contribution < -0.4 is 10.6 Å². The van der Waals surface area contributed by atoms with E-state index in [2.05, 4.69) is 53.7 Å². The summed E-state index contributed by atoms with van der Waals surface area (Å²) in [5, 5.41) is 7.24. The molecule has 0 radical (unpaired) electrons. The molecule has 21 heavy (non-hydrogen) atoms. The van der Waals surface area contributed by atoms with E-state index in [9.17, 15) is 0 Å². The van der Waals surface area contributed by atoms with Crippen molar-refractivity contribution in [3.05, 3.63) is 60.4 Å². The molecule has 0 spiro atoms.